The van der Waals surface area contributed by atoms with Crippen molar-refractivity contribution in [2.24, 2.45) is 0 Å². The molecule has 0 radical (unpaired) electrons. The summed E-state index contributed by atoms with van der Waals surface area (Å²) < 4.78 is 0. The Morgan fingerprint density at radius 1 is 1.12 bits per heavy atom. The number of benzene rings is 2. The van der Waals surface area contributed by atoms with Crippen LogP contribution in [0.15, 0.2) is 54.6 Å². The smallest absolute Gasteiger partial charge is 0.550 e. The normalized spacial score (nSPS) is 13.3. The first-order chi connectivity index (χ1) is 14.8. The van der Waals surface area contributed by atoms with Crippen molar-refractivity contribution in [3.05, 3.63) is 71.4 Å². The van der Waals surface area contributed by atoms with E-state index >= 15 is 0 Å². The number of pyridine rings is 1. The van der Waals surface area contributed by atoms with Gasteiger partial charge in [0.05, 0.1) is 23.4 Å². The first kappa shape index (κ1) is 26.2. The van der Waals surface area contributed by atoms with E-state index in [1.807, 2.05) is 31.2 Å². The second-order valence-electron chi connectivity index (χ2n) is 8.22. The first-order valence-electron chi connectivity index (χ1n) is 10.5. The van der Waals surface area contributed by atoms with Gasteiger partial charge in [0, 0.05) is 35.3 Å². The van der Waals surface area contributed by atoms with Crippen LogP contribution in [0.25, 0.3) is 28.1 Å². The Balaban J connectivity index is 0.00000363. The molecule has 3 aromatic rings. The fraction of sp³-hybridized carbons (Fsp3) is 0.308. The van der Waals surface area contributed by atoms with Gasteiger partial charge in [-0.25, -0.2) is 0 Å². The van der Waals surface area contributed by atoms with E-state index in [2.05, 4.69) is 44.2 Å². The third-order valence-corrected chi connectivity index (χ3v) is 5.22. The van der Waals surface area contributed by atoms with Gasteiger partial charge in [0.2, 0.25) is 0 Å². The van der Waals surface area contributed by atoms with E-state index in [4.69, 9.17) is 4.98 Å². The van der Waals surface area contributed by atoms with Crippen molar-refractivity contribution in [1.82, 2.24) is 4.98 Å². The quantitative estimate of drug-likeness (QED) is 0.500. The fourth-order valence-corrected chi connectivity index (χ4v) is 3.77. The van der Waals surface area contributed by atoms with Gasteiger partial charge in [-0.2, -0.15) is 0 Å². The number of aryl methyl sites for hydroxylation is 1. The third-order valence-electron chi connectivity index (χ3n) is 5.22. The minimum Gasteiger partial charge on any atom is -0.550 e. The van der Waals surface area contributed by atoms with Gasteiger partial charge in [0.1, 0.15) is 0 Å². The van der Waals surface area contributed by atoms with Crippen molar-refractivity contribution >= 4 is 22.9 Å². The molecule has 2 atom stereocenters. The molecular weight excluding hydrogens is 413 g/mol. The van der Waals surface area contributed by atoms with Crippen LogP contribution in [0.5, 0.6) is 0 Å². The molecule has 0 saturated heterocycles. The predicted octanol–water partition coefficient (Wildman–Crippen LogP) is 0.603. The topological polar surface area (TPSA) is 93.5 Å². The van der Waals surface area contributed by atoms with Crippen LogP contribution >= 0.6 is 0 Å². The molecule has 6 heteroatoms. The average molecular weight is 442 g/mol. The van der Waals surface area contributed by atoms with Gasteiger partial charge in [0.25, 0.3) is 0 Å². The Labute approximate surface area is 211 Å². The van der Waals surface area contributed by atoms with Crippen molar-refractivity contribution in [3.8, 4) is 11.1 Å². The Morgan fingerprint density at radius 2 is 1.81 bits per heavy atom. The number of aliphatic hydroxyl groups excluding tert-OH is 2. The van der Waals surface area contributed by atoms with Crippen molar-refractivity contribution in [1.29, 1.82) is 0 Å². The SMILES string of the molecule is Cc1ccc2c(-c3ccccc3)c(/C=C/C(O)CC(O)CC(=O)[O-])c(C(C)C)nc2c1.[Na+]. The summed E-state index contributed by atoms with van der Waals surface area (Å²) in [5, 5.41) is 31.8. The minimum atomic E-state index is -1.34. The summed E-state index contributed by atoms with van der Waals surface area (Å²) in [6.45, 7) is 6.20. The molecule has 0 aliphatic rings. The molecule has 1 heterocycles. The molecule has 2 aromatic carbocycles. The zero-order valence-corrected chi connectivity index (χ0v) is 21.1. The number of aliphatic carboxylic acids is 1. The summed E-state index contributed by atoms with van der Waals surface area (Å²) in [6, 6.07) is 16.3. The van der Waals surface area contributed by atoms with Gasteiger partial charge in [-0.15, -0.1) is 0 Å². The monoisotopic (exact) mass is 441 g/mol. The first-order valence-corrected chi connectivity index (χ1v) is 10.5. The van der Waals surface area contributed by atoms with E-state index in [9.17, 15) is 20.1 Å². The van der Waals surface area contributed by atoms with E-state index in [-0.39, 0.29) is 41.9 Å². The van der Waals surface area contributed by atoms with Crippen LogP contribution in [0, 0.1) is 6.92 Å². The van der Waals surface area contributed by atoms with Gasteiger partial charge in [-0.05, 0) is 30.0 Å². The molecule has 0 amide bonds. The van der Waals surface area contributed by atoms with E-state index in [1.54, 1.807) is 6.08 Å². The summed E-state index contributed by atoms with van der Waals surface area (Å²) >= 11 is 0. The van der Waals surface area contributed by atoms with Crippen molar-refractivity contribution in [2.75, 3.05) is 0 Å². The van der Waals surface area contributed by atoms with Crippen LogP contribution in [-0.2, 0) is 4.79 Å². The molecule has 0 aliphatic heterocycles. The molecule has 2 unspecified atom stereocenters. The number of aromatic nitrogens is 1. The molecule has 0 spiro atoms. The number of carboxylic acid groups (broad SMARTS) is 1. The van der Waals surface area contributed by atoms with E-state index in [1.165, 1.54) is 0 Å². The van der Waals surface area contributed by atoms with Crippen molar-refractivity contribution < 1.29 is 49.7 Å². The molecule has 0 aliphatic carbocycles. The summed E-state index contributed by atoms with van der Waals surface area (Å²) in [5.74, 6) is -1.20. The van der Waals surface area contributed by atoms with Crippen LogP contribution in [0.2, 0.25) is 0 Å². The molecule has 162 valence electrons. The molecule has 32 heavy (non-hydrogen) atoms. The molecule has 3 rings (SSSR count). The van der Waals surface area contributed by atoms with Crippen LogP contribution in [0.1, 0.15) is 49.4 Å². The number of carbonyl (C=O) groups is 1. The molecule has 0 fully saturated rings. The number of hydrogen-bond donors (Lipinski definition) is 2. The maximum atomic E-state index is 10.7. The largest absolute Gasteiger partial charge is 1.00 e. The molecule has 1 aromatic heterocycles. The molecule has 5 nitrogen and oxygen atoms in total. The molecule has 2 N–H and O–H groups in total. The number of carbonyl (C=O) groups excluding carboxylic acids is 1. The second-order valence-corrected chi connectivity index (χ2v) is 8.22. The molecular formula is C26H28NNaO4. The van der Waals surface area contributed by atoms with E-state index in [0.717, 1.165) is 38.9 Å². The van der Waals surface area contributed by atoms with Gasteiger partial charge in [0.15, 0.2) is 0 Å². The average Bonchev–Trinajstić information content (AvgIpc) is 2.71. The second kappa shape index (κ2) is 11.7. The summed E-state index contributed by atoms with van der Waals surface area (Å²) in [5.41, 5.74) is 5.96. The van der Waals surface area contributed by atoms with Crippen LogP contribution in [0.4, 0.5) is 0 Å². The standard InChI is InChI=1S/C26H29NO4.Na/c1-16(2)26-22(12-10-19(28)14-20(29)15-24(30)31)25(18-7-5-4-6-8-18)21-11-9-17(3)13-23(21)27-26;/h4-13,16,19-20,28-29H,14-15H2,1-3H3,(H,30,31);/q;+1/p-1/b12-10+;. The number of fused-ring (bicyclic) bond motifs is 1. The number of hydrogen-bond acceptors (Lipinski definition) is 5. The number of aliphatic hydroxyl groups is 2. The van der Waals surface area contributed by atoms with E-state index in [0.29, 0.717) is 0 Å². The maximum Gasteiger partial charge on any atom is 1.00 e. The van der Waals surface area contributed by atoms with Crippen molar-refractivity contribution in [3.63, 3.8) is 0 Å². The van der Waals surface area contributed by atoms with Gasteiger partial charge in [-0.3, -0.25) is 4.98 Å². The number of carboxylic acids is 1. The zero-order valence-electron chi connectivity index (χ0n) is 19.1. The number of nitrogens with zero attached hydrogens (tertiary/aromatic N) is 1. The minimum absolute atomic E-state index is 0. The summed E-state index contributed by atoms with van der Waals surface area (Å²) in [6.07, 6.45) is 0.678. The summed E-state index contributed by atoms with van der Waals surface area (Å²) in [7, 11) is 0. The third kappa shape index (κ3) is 6.50. The Bertz CT molecular complexity index is 1100. The van der Waals surface area contributed by atoms with Gasteiger partial charge < -0.3 is 20.1 Å². The maximum absolute atomic E-state index is 10.7. The van der Waals surface area contributed by atoms with Crippen LogP contribution in [0.3, 0.4) is 0 Å². The zero-order chi connectivity index (χ0) is 22.5. The fourth-order valence-electron chi connectivity index (χ4n) is 3.77. The Kier molecular flexibility index (Phi) is 9.62. The van der Waals surface area contributed by atoms with Crippen molar-refractivity contribution in [2.45, 2.75) is 51.7 Å². The molecule has 0 bridgehead atoms. The number of rotatable bonds is 8. The van der Waals surface area contributed by atoms with Crippen LogP contribution in [-0.4, -0.2) is 33.4 Å². The Morgan fingerprint density at radius 3 is 2.44 bits per heavy atom. The van der Waals surface area contributed by atoms with Gasteiger partial charge in [-0.1, -0.05) is 68.5 Å². The van der Waals surface area contributed by atoms with E-state index < -0.39 is 24.6 Å². The van der Waals surface area contributed by atoms with Gasteiger partial charge >= 0.3 is 29.6 Å². The van der Waals surface area contributed by atoms with Crippen LogP contribution < -0.4 is 34.7 Å². The predicted molar refractivity (Wildman–Crippen MR) is 121 cm³/mol. The Hall–Kier alpha value is -2.02. The summed E-state index contributed by atoms with van der Waals surface area (Å²) in [4.78, 5) is 15.6. The molecule has 0 saturated carbocycles.